The smallest absolute Gasteiger partial charge is 0.307 e. The maximum absolute atomic E-state index is 12.7. The first-order valence-corrected chi connectivity index (χ1v) is 13.8. The molecule has 0 aromatic rings. The fourth-order valence-electron chi connectivity index (χ4n) is 8.73. The molecule has 1 heterocycles. The Hall–Kier alpha value is -1.16. The summed E-state index contributed by atoms with van der Waals surface area (Å²) in [5.74, 6) is 2.44. The van der Waals surface area contributed by atoms with Crippen LogP contribution in [-0.2, 0) is 14.3 Å². The normalized spacial score (nSPS) is 42.7. The van der Waals surface area contributed by atoms with E-state index in [0.29, 0.717) is 35.4 Å². The van der Waals surface area contributed by atoms with Gasteiger partial charge in [-0.25, -0.2) is 0 Å². The van der Waals surface area contributed by atoms with Gasteiger partial charge in [-0.3, -0.25) is 9.59 Å². The first-order valence-electron chi connectivity index (χ1n) is 13.8. The third-order valence-corrected chi connectivity index (χ3v) is 10.7. The molecule has 33 heavy (non-hydrogen) atoms. The van der Waals surface area contributed by atoms with E-state index in [0.717, 1.165) is 64.6 Å². The average Bonchev–Trinajstić information content (AvgIpc) is 3.06. The van der Waals surface area contributed by atoms with Crippen LogP contribution in [0, 0.1) is 34.0 Å². The van der Waals surface area contributed by atoms with Crippen molar-refractivity contribution in [3.63, 3.8) is 0 Å². The Morgan fingerprint density at radius 3 is 2.61 bits per heavy atom. The van der Waals surface area contributed by atoms with Crippen molar-refractivity contribution in [1.29, 1.82) is 0 Å². The van der Waals surface area contributed by atoms with Crippen molar-refractivity contribution in [3.8, 4) is 0 Å². The second-order valence-corrected chi connectivity index (χ2v) is 13.3. The molecule has 5 rings (SSSR count). The summed E-state index contributed by atoms with van der Waals surface area (Å²) >= 11 is 0. The van der Waals surface area contributed by atoms with Gasteiger partial charge in [0.05, 0.1) is 6.42 Å². The maximum Gasteiger partial charge on any atom is 0.307 e. The lowest BCUT2D eigenvalue weighted by atomic mass is 9.48. The van der Waals surface area contributed by atoms with Crippen LogP contribution in [0.15, 0.2) is 11.6 Å². The molecule has 0 spiro atoms. The number of esters is 1. The second-order valence-electron chi connectivity index (χ2n) is 13.3. The number of nitrogens with zero attached hydrogens (tertiary/aromatic N) is 1. The van der Waals surface area contributed by atoms with Crippen LogP contribution in [0.3, 0.4) is 0 Å². The third kappa shape index (κ3) is 4.23. The number of ether oxygens (including phenoxy) is 1. The van der Waals surface area contributed by atoms with Crippen LogP contribution in [0.25, 0.3) is 0 Å². The number of carbonyl (C=O) groups is 2. The first-order chi connectivity index (χ1) is 15.6. The van der Waals surface area contributed by atoms with Crippen LogP contribution < -0.4 is 0 Å². The molecule has 0 aromatic heterocycles. The van der Waals surface area contributed by atoms with E-state index in [1.54, 1.807) is 5.57 Å². The summed E-state index contributed by atoms with van der Waals surface area (Å²) in [5.41, 5.74) is 2.08. The molecule has 0 radical (unpaired) electrons. The van der Waals surface area contributed by atoms with Crippen LogP contribution in [-0.4, -0.2) is 42.4 Å². The van der Waals surface area contributed by atoms with E-state index in [2.05, 4.69) is 38.7 Å². The molecule has 1 saturated heterocycles. The van der Waals surface area contributed by atoms with Crippen molar-refractivity contribution in [2.75, 3.05) is 19.6 Å². The van der Waals surface area contributed by atoms with Gasteiger partial charge in [-0.15, -0.1) is 0 Å². The number of fused-ring (bicyclic) bond motifs is 5. The molecule has 0 N–H and O–H groups in total. The Morgan fingerprint density at radius 1 is 1.06 bits per heavy atom. The number of likely N-dealkylation sites (tertiary alicyclic amines) is 1. The fraction of sp³-hybridized carbons (Fsp3) is 0.862. The highest BCUT2D eigenvalue weighted by atomic mass is 16.5. The summed E-state index contributed by atoms with van der Waals surface area (Å²) in [6.07, 6.45) is 13.9. The van der Waals surface area contributed by atoms with Crippen molar-refractivity contribution in [2.45, 2.75) is 104 Å². The second kappa shape index (κ2) is 8.50. The molecule has 0 aromatic carbocycles. The fourth-order valence-corrected chi connectivity index (χ4v) is 8.73. The highest BCUT2D eigenvalue weighted by Gasteiger charge is 2.58. The highest BCUT2D eigenvalue weighted by Crippen LogP contribution is 2.64. The molecule has 4 fully saturated rings. The van der Waals surface area contributed by atoms with Gasteiger partial charge in [-0.1, -0.05) is 39.3 Å². The van der Waals surface area contributed by atoms with Crippen LogP contribution >= 0.6 is 0 Å². The Balaban J connectivity index is 1.18. The van der Waals surface area contributed by atoms with Crippen molar-refractivity contribution in [1.82, 2.24) is 4.90 Å². The Labute approximate surface area is 200 Å². The molecule has 4 heteroatoms. The van der Waals surface area contributed by atoms with Gasteiger partial charge in [0, 0.05) is 31.3 Å². The lowest BCUT2D eigenvalue weighted by Crippen LogP contribution is -2.50. The van der Waals surface area contributed by atoms with E-state index < -0.39 is 0 Å². The van der Waals surface area contributed by atoms with Crippen molar-refractivity contribution in [3.05, 3.63) is 11.6 Å². The zero-order chi connectivity index (χ0) is 23.4. The third-order valence-electron chi connectivity index (χ3n) is 10.7. The molecule has 5 aliphatic rings. The predicted octanol–water partition coefficient (Wildman–Crippen LogP) is 5.94. The Morgan fingerprint density at radius 2 is 1.82 bits per heavy atom. The minimum absolute atomic E-state index is 0.0147. The molecule has 184 valence electrons. The van der Waals surface area contributed by atoms with Crippen molar-refractivity contribution < 1.29 is 14.3 Å². The number of rotatable bonds is 4. The molecule has 1 aliphatic heterocycles. The van der Waals surface area contributed by atoms with Gasteiger partial charge in [-0.2, -0.15) is 0 Å². The number of piperidine rings is 1. The molecule has 6 atom stereocenters. The number of allylic oxidation sites excluding steroid dienone is 1. The van der Waals surface area contributed by atoms with Crippen LogP contribution in [0.4, 0.5) is 0 Å². The van der Waals surface area contributed by atoms with Crippen molar-refractivity contribution >= 4 is 11.8 Å². The SMILES string of the molecule is CC1(C)CCCN(CCC(=O)O[C@@H]2CC[C@@]3(C)C(=CC[C@@H]4[C@H]5CCC(=O)[C@@]5(C)CC[C@@H]43)C2)C1. The van der Waals surface area contributed by atoms with Gasteiger partial charge in [0.15, 0.2) is 0 Å². The van der Waals surface area contributed by atoms with Crippen molar-refractivity contribution in [2.24, 2.45) is 34.0 Å². The zero-order valence-corrected chi connectivity index (χ0v) is 21.5. The van der Waals surface area contributed by atoms with Crippen LogP contribution in [0.1, 0.15) is 98.3 Å². The molecular formula is C29H45NO3. The monoisotopic (exact) mass is 455 g/mol. The topological polar surface area (TPSA) is 46.6 Å². The molecular weight excluding hydrogens is 410 g/mol. The minimum atomic E-state index is -0.0564. The summed E-state index contributed by atoms with van der Waals surface area (Å²) in [6, 6.07) is 0. The van der Waals surface area contributed by atoms with E-state index in [9.17, 15) is 9.59 Å². The number of ketones is 1. The summed E-state index contributed by atoms with van der Waals surface area (Å²) < 4.78 is 6.01. The lowest BCUT2D eigenvalue weighted by Gasteiger charge is -2.56. The van der Waals surface area contributed by atoms with E-state index in [4.69, 9.17) is 4.74 Å². The highest BCUT2D eigenvalue weighted by molar-refractivity contribution is 5.87. The Kier molecular flexibility index (Phi) is 6.07. The van der Waals surface area contributed by atoms with E-state index >= 15 is 0 Å². The van der Waals surface area contributed by atoms with Gasteiger partial charge in [0.1, 0.15) is 11.9 Å². The summed E-state index contributed by atoms with van der Waals surface area (Å²) in [5, 5.41) is 0. The summed E-state index contributed by atoms with van der Waals surface area (Å²) in [7, 11) is 0. The predicted molar refractivity (Wildman–Crippen MR) is 131 cm³/mol. The maximum atomic E-state index is 12.7. The number of hydrogen-bond donors (Lipinski definition) is 0. The number of carbonyl (C=O) groups excluding carboxylic acids is 2. The van der Waals surface area contributed by atoms with E-state index in [-0.39, 0.29) is 22.9 Å². The van der Waals surface area contributed by atoms with E-state index in [1.807, 2.05) is 0 Å². The zero-order valence-electron chi connectivity index (χ0n) is 21.5. The van der Waals surface area contributed by atoms with E-state index in [1.165, 1.54) is 19.3 Å². The number of Topliss-reactive ketones (excluding diaryl/α,β-unsaturated/α-hetero) is 1. The molecule has 0 bridgehead atoms. The summed E-state index contributed by atoms with van der Waals surface area (Å²) in [6.45, 7) is 12.4. The number of hydrogen-bond acceptors (Lipinski definition) is 4. The van der Waals surface area contributed by atoms with Gasteiger partial charge in [0.2, 0.25) is 0 Å². The summed E-state index contributed by atoms with van der Waals surface area (Å²) in [4.78, 5) is 27.7. The molecule has 0 amide bonds. The van der Waals surface area contributed by atoms with Crippen LogP contribution in [0.2, 0.25) is 0 Å². The van der Waals surface area contributed by atoms with Gasteiger partial charge < -0.3 is 9.64 Å². The largest absolute Gasteiger partial charge is 0.462 e. The Bertz CT molecular complexity index is 831. The molecule has 4 nitrogen and oxygen atoms in total. The van der Waals surface area contributed by atoms with Crippen LogP contribution in [0.5, 0.6) is 0 Å². The van der Waals surface area contributed by atoms with Gasteiger partial charge >= 0.3 is 5.97 Å². The molecule has 4 aliphatic carbocycles. The lowest BCUT2D eigenvalue weighted by molar-refractivity contribution is -0.152. The molecule has 0 unspecified atom stereocenters. The van der Waals surface area contributed by atoms with Gasteiger partial charge in [-0.05, 0) is 86.5 Å². The minimum Gasteiger partial charge on any atom is -0.462 e. The van der Waals surface area contributed by atoms with Gasteiger partial charge in [0.25, 0.3) is 0 Å². The molecule has 3 saturated carbocycles. The average molecular weight is 456 g/mol. The standard InChI is InChI=1S/C29H45NO3/c1-27(2)13-5-16-30(19-27)17-12-26(32)33-21-10-14-28(3)20(18-21)6-7-22-23-8-9-25(31)29(23,4)15-11-24(22)28/h6,21-24H,5,7-19H2,1-4H3/t21-,22-,23-,24+,28+,29+/m1/s1. The first kappa shape index (κ1) is 23.6. The quantitative estimate of drug-likeness (QED) is 0.389.